The third kappa shape index (κ3) is 6.98. The van der Waals surface area contributed by atoms with Gasteiger partial charge in [0, 0.05) is 13.3 Å². The summed E-state index contributed by atoms with van der Waals surface area (Å²) in [6.45, 7) is 2.79. The second kappa shape index (κ2) is 11.0. The first-order valence-electron chi connectivity index (χ1n) is 8.65. The second-order valence-corrected chi connectivity index (χ2v) is 6.32. The molecule has 0 saturated carbocycles. The molecule has 0 aromatic heterocycles. The van der Waals surface area contributed by atoms with Gasteiger partial charge in [-0.3, -0.25) is 14.4 Å². The van der Waals surface area contributed by atoms with E-state index < -0.39 is 47.6 Å². The summed E-state index contributed by atoms with van der Waals surface area (Å²) in [4.78, 5) is 47.8. The largest absolute Gasteiger partial charge is 0.469 e. The van der Waals surface area contributed by atoms with Gasteiger partial charge < -0.3 is 20.1 Å². The minimum Gasteiger partial charge on any atom is -0.469 e. The van der Waals surface area contributed by atoms with Gasteiger partial charge in [0.15, 0.2) is 0 Å². The van der Waals surface area contributed by atoms with Crippen LogP contribution in [0.2, 0.25) is 0 Å². The number of esters is 2. The van der Waals surface area contributed by atoms with Crippen LogP contribution in [0.5, 0.6) is 0 Å². The highest BCUT2D eigenvalue weighted by Gasteiger charge is 2.32. The van der Waals surface area contributed by atoms with Crippen molar-refractivity contribution < 1.29 is 33.0 Å². The van der Waals surface area contributed by atoms with Gasteiger partial charge in [-0.2, -0.15) is 0 Å². The van der Waals surface area contributed by atoms with Crippen LogP contribution in [0, 0.1) is 11.7 Å². The van der Waals surface area contributed by atoms with Crippen molar-refractivity contribution >= 4 is 23.8 Å². The summed E-state index contributed by atoms with van der Waals surface area (Å²) in [5.74, 6) is -3.65. The first kappa shape index (κ1) is 23.1. The fraction of sp³-hybridized carbons (Fsp3) is 0.474. The standard InChI is InChI=1S/C19H25FN2O6/c1-11(9-16(24)27-3)17(19(26)28-4)22-18(25)15(21-12(2)23)10-13-7-5-6-8-14(13)20/h5-8,11,15,17H,9-10H2,1-4H3,(H,21,23)(H,22,25)/t11-,15-,17-/m1/s1. The average Bonchev–Trinajstić information content (AvgIpc) is 2.65. The number of hydrogen-bond donors (Lipinski definition) is 2. The van der Waals surface area contributed by atoms with Gasteiger partial charge in [0.2, 0.25) is 11.8 Å². The Morgan fingerprint density at radius 3 is 2.25 bits per heavy atom. The van der Waals surface area contributed by atoms with Crippen molar-refractivity contribution in [1.82, 2.24) is 10.6 Å². The van der Waals surface area contributed by atoms with Crippen molar-refractivity contribution in [2.75, 3.05) is 14.2 Å². The summed E-state index contributed by atoms with van der Waals surface area (Å²) in [6.07, 6.45) is -0.244. The Balaban J connectivity index is 3.00. The average molecular weight is 396 g/mol. The van der Waals surface area contributed by atoms with Crippen LogP contribution < -0.4 is 10.6 Å². The number of amides is 2. The number of rotatable bonds is 9. The molecule has 3 atom stereocenters. The zero-order chi connectivity index (χ0) is 21.3. The number of methoxy groups -OCH3 is 2. The number of hydrogen-bond acceptors (Lipinski definition) is 6. The Kier molecular flexibility index (Phi) is 9.07. The molecule has 154 valence electrons. The number of nitrogens with one attached hydrogen (secondary N) is 2. The van der Waals surface area contributed by atoms with E-state index in [1.165, 1.54) is 32.2 Å². The molecule has 1 aromatic rings. The molecular formula is C19H25FN2O6. The van der Waals surface area contributed by atoms with E-state index in [0.29, 0.717) is 0 Å². The van der Waals surface area contributed by atoms with Crippen molar-refractivity contribution in [3.05, 3.63) is 35.6 Å². The molecule has 0 fully saturated rings. The lowest BCUT2D eigenvalue weighted by Crippen LogP contribution is -2.54. The van der Waals surface area contributed by atoms with Crippen LogP contribution in [0.25, 0.3) is 0 Å². The quantitative estimate of drug-likeness (QED) is 0.596. The first-order chi connectivity index (χ1) is 13.2. The summed E-state index contributed by atoms with van der Waals surface area (Å²) < 4.78 is 23.2. The van der Waals surface area contributed by atoms with E-state index in [1.54, 1.807) is 13.0 Å². The molecule has 8 nitrogen and oxygen atoms in total. The van der Waals surface area contributed by atoms with E-state index in [1.807, 2.05) is 0 Å². The van der Waals surface area contributed by atoms with Gasteiger partial charge in [0.1, 0.15) is 17.9 Å². The zero-order valence-electron chi connectivity index (χ0n) is 16.3. The summed E-state index contributed by atoms with van der Waals surface area (Å²) in [7, 11) is 2.36. The molecule has 0 bridgehead atoms. The van der Waals surface area contributed by atoms with E-state index in [2.05, 4.69) is 15.4 Å². The molecule has 2 amide bonds. The molecule has 9 heteroatoms. The first-order valence-corrected chi connectivity index (χ1v) is 8.65. The molecule has 0 saturated heterocycles. The van der Waals surface area contributed by atoms with Crippen LogP contribution in [0.15, 0.2) is 24.3 Å². The lowest BCUT2D eigenvalue weighted by Gasteiger charge is -2.25. The Labute approximate surface area is 162 Å². The molecule has 0 aliphatic carbocycles. The van der Waals surface area contributed by atoms with E-state index in [-0.39, 0.29) is 18.4 Å². The Morgan fingerprint density at radius 2 is 1.71 bits per heavy atom. The number of ether oxygens (including phenoxy) is 2. The molecule has 0 aliphatic rings. The molecule has 0 unspecified atom stereocenters. The van der Waals surface area contributed by atoms with Gasteiger partial charge in [0.05, 0.1) is 20.6 Å². The van der Waals surface area contributed by atoms with Crippen LogP contribution in [-0.2, 0) is 35.1 Å². The summed E-state index contributed by atoms with van der Waals surface area (Å²) >= 11 is 0. The molecule has 1 rings (SSSR count). The molecule has 2 N–H and O–H groups in total. The van der Waals surface area contributed by atoms with E-state index in [4.69, 9.17) is 4.74 Å². The van der Waals surface area contributed by atoms with Gasteiger partial charge in [0.25, 0.3) is 0 Å². The molecule has 1 aromatic carbocycles. The molecule has 0 heterocycles. The van der Waals surface area contributed by atoms with Crippen LogP contribution in [-0.4, -0.2) is 50.1 Å². The fourth-order valence-corrected chi connectivity index (χ4v) is 2.62. The third-order valence-electron chi connectivity index (χ3n) is 4.11. The predicted molar refractivity (Wildman–Crippen MR) is 97.5 cm³/mol. The van der Waals surface area contributed by atoms with Gasteiger partial charge in [-0.25, -0.2) is 9.18 Å². The van der Waals surface area contributed by atoms with Crippen molar-refractivity contribution in [2.24, 2.45) is 5.92 Å². The van der Waals surface area contributed by atoms with Gasteiger partial charge in [-0.05, 0) is 17.5 Å². The highest BCUT2D eigenvalue weighted by atomic mass is 19.1. The molecule has 28 heavy (non-hydrogen) atoms. The van der Waals surface area contributed by atoms with Gasteiger partial charge in [-0.1, -0.05) is 25.1 Å². The van der Waals surface area contributed by atoms with Crippen LogP contribution in [0.3, 0.4) is 0 Å². The van der Waals surface area contributed by atoms with E-state index in [0.717, 1.165) is 7.11 Å². The maximum absolute atomic E-state index is 13.9. The SMILES string of the molecule is COC(=O)C[C@@H](C)[C@@H](NC(=O)[C@@H](Cc1ccccc1F)NC(C)=O)C(=O)OC. The highest BCUT2D eigenvalue weighted by molar-refractivity contribution is 5.90. The maximum atomic E-state index is 13.9. The van der Waals surface area contributed by atoms with Crippen molar-refractivity contribution in [3.63, 3.8) is 0 Å². The van der Waals surface area contributed by atoms with Crippen molar-refractivity contribution in [1.29, 1.82) is 0 Å². The number of halogens is 1. The lowest BCUT2D eigenvalue weighted by atomic mass is 9.97. The lowest BCUT2D eigenvalue weighted by molar-refractivity contribution is -0.148. The number of carbonyl (C=O) groups is 4. The summed E-state index contributed by atoms with van der Waals surface area (Å²) in [5, 5.41) is 4.93. The van der Waals surface area contributed by atoms with Crippen molar-refractivity contribution in [3.8, 4) is 0 Å². The monoisotopic (exact) mass is 396 g/mol. The minimum absolute atomic E-state index is 0.114. The number of carbonyl (C=O) groups excluding carboxylic acids is 4. The fourth-order valence-electron chi connectivity index (χ4n) is 2.62. The van der Waals surface area contributed by atoms with E-state index in [9.17, 15) is 23.6 Å². The predicted octanol–water partition coefficient (Wildman–Crippen LogP) is 0.730. The molecular weight excluding hydrogens is 371 g/mol. The van der Waals surface area contributed by atoms with Crippen LogP contribution >= 0.6 is 0 Å². The summed E-state index contributed by atoms with van der Waals surface area (Å²) in [6, 6.07) is 3.59. The molecule has 0 aliphatic heterocycles. The molecule has 0 radical (unpaired) electrons. The Morgan fingerprint density at radius 1 is 1.07 bits per heavy atom. The highest BCUT2D eigenvalue weighted by Crippen LogP contribution is 2.13. The minimum atomic E-state index is -1.14. The number of benzene rings is 1. The molecule has 0 spiro atoms. The normalized spacial score (nSPS) is 13.6. The second-order valence-electron chi connectivity index (χ2n) is 6.32. The van der Waals surface area contributed by atoms with Crippen LogP contribution in [0.1, 0.15) is 25.8 Å². The van der Waals surface area contributed by atoms with Crippen molar-refractivity contribution in [2.45, 2.75) is 38.8 Å². The maximum Gasteiger partial charge on any atom is 0.328 e. The van der Waals surface area contributed by atoms with Gasteiger partial charge >= 0.3 is 11.9 Å². The Hall–Kier alpha value is -2.97. The van der Waals surface area contributed by atoms with Crippen LogP contribution in [0.4, 0.5) is 4.39 Å². The van der Waals surface area contributed by atoms with E-state index >= 15 is 0 Å². The summed E-state index contributed by atoms with van der Waals surface area (Å²) in [5.41, 5.74) is 0.230. The Bertz CT molecular complexity index is 724. The third-order valence-corrected chi connectivity index (χ3v) is 4.11. The van der Waals surface area contributed by atoms with Gasteiger partial charge in [-0.15, -0.1) is 0 Å². The zero-order valence-corrected chi connectivity index (χ0v) is 16.3. The smallest absolute Gasteiger partial charge is 0.328 e. The topological polar surface area (TPSA) is 111 Å².